The molecule has 7 rings (SSSR count). The first-order chi connectivity index (χ1) is 22.1. The summed E-state index contributed by atoms with van der Waals surface area (Å²) in [5.74, 6) is -1.03. The second-order valence-electron chi connectivity index (χ2n) is 12.3. The van der Waals surface area contributed by atoms with Crippen molar-refractivity contribution in [2.24, 2.45) is 5.73 Å². The summed E-state index contributed by atoms with van der Waals surface area (Å²) in [4.78, 5) is 40.4. The first kappa shape index (κ1) is 29.9. The van der Waals surface area contributed by atoms with E-state index in [4.69, 9.17) is 27.3 Å². The average molecular weight is 642 g/mol. The lowest BCUT2D eigenvalue weighted by Gasteiger charge is -2.43. The van der Waals surface area contributed by atoms with Gasteiger partial charge in [-0.25, -0.2) is 14.4 Å². The van der Waals surface area contributed by atoms with Gasteiger partial charge in [0.05, 0.1) is 16.9 Å². The van der Waals surface area contributed by atoms with Gasteiger partial charge in [-0.05, 0) is 67.5 Å². The second kappa shape index (κ2) is 11.3. The van der Waals surface area contributed by atoms with Crippen molar-refractivity contribution in [3.05, 3.63) is 72.3 Å². The highest BCUT2D eigenvalue weighted by Crippen LogP contribution is 2.44. The van der Waals surface area contributed by atoms with Crippen molar-refractivity contribution in [3.8, 4) is 16.9 Å². The fraction of sp³-hybridized carbons (Fsp3) is 0.294. The molecule has 4 heterocycles. The molecule has 2 unspecified atom stereocenters. The van der Waals surface area contributed by atoms with Gasteiger partial charge in [0.2, 0.25) is 11.8 Å². The molecule has 0 spiro atoms. The summed E-state index contributed by atoms with van der Waals surface area (Å²) in [6.45, 7) is 5.24. The summed E-state index contributed by atoms with van der Waals surface area (Å²) in [6, 6.07) is 11.5. The molecule has 2 amide bonds. The number of amides is 2. The molecule has 2 aromatic heterocycles. The molecule has 2 atom stereocenters. The quantitative estimate of drug-likeness (QED) is 0.254. The van der Waals surface area contributed by atoms with E-state index in [0.29, 0.717) is 59.9 Å². The lowest BCUT2D eigenvalue weighted by molar-refractivity contribution is -0.138. The Morgan fingerprint density at radius 2 is 1.91 bits per heavy atom. The van der Waals surface area contributed by atoms with Crippen LogP contribution in [0.1, 0.15) is 18.9 Å². The number of benzene rings is 3. The fourth-order valence-corrected chi connectivity index (χ4v) is 7.19. The molecule has 10 nitrogen and oxygen atoms in total. The molecule has 2 fully saturated rings. The van der Waals surface area contributed by atoms with E-state index in [9.17, 15) is 14.7 Å². The van der Waals surface area contributed by atoms with E-state index in [-0.39, 0.29) is 40.2 Å². The summed E-state index contributed by atoms with van der Waals surface area (Å²) in [5, 5.41) is 12.7. The molecule has 0 saturated carbocycles. The summed E-state index contributed by atoms with van der Waals surface area (Å²) in [5.41, 5.74) is 7.71. The standard InChI is InChI=1S/C34H33ClFN7O3/c1-4-27(45)42-10-9-19(12-26(42)33(37)46)43-17-38-31-32(43)24-14-25(35)28(23-13-21(44)11-18-7-5-6-8-22(18)23)29(36)30(24)39-34(31)41-15-20(16-41)40(2)3/h4-8,11,13-14,17,19-20,26,44H,1,9-10,12,15-16H2,2-3H3,(H2,37,46). The lowest BCUT2D eigenvalue weighted by Crippen LogP contribution is -2.57. The van der Waals surface area contributed by atoms with Crippen LogP contribution in [-0.4, -0.2) is 87.1 Å². The third kappa shape index (κ3) is 4.73. The molecule has 2 aliphatic heterocycles. The summed E-state index contributed by atoms with van der Waals surface area (Å²) in [7, 11) is 4.04. The van der Waals surface area contributed by atoms with E-state index < -0.39 is 17.8 Å². The van der Waals surface area contributed by atoms with Crippen LogP contribution in [0.2, 0.25) is 5.02 Å². The predicted molar refractivity (Wildman–Crippen MR) is 177 cm³/mol. The molecule has 3 N–H and O–H groups in total. The molecule has 236 valence electrons. The molecule has 2 aliphatic rings. The van der Waals surface area contributed by atoms with Crippen LogP contribution in [0.15, 0.2) is 61.4 Å². The van der Waals surface area contributed by atoms with Crippen molar-refractivity contribution >= 4 is 61.9 Å². The van der Waals surface area contributed by atoms with Gasteiger partial charge >= 0.3 is 0 Å². The Morgan fingerprint density at radius 1 is 1.15 bits per heavy atom. The van der Waals surface area contributed by atoms with Crippen molar-refractivity contribution in [1.82, 2.24) is 24.3 Å². The van der Waals surface area contributed by atoms with Crippen molar-refractivity contribution in [1.29, 1.82) is 0 Å². The number of anilines is 1. The minimum absolute atomic E-state index is 0.00738. The molecule has 12 heteroatoms. The van der Waals surface area contributed by atoms with Gasteiger partial charge in [0, 0.05) is 42.7 Å². The average Bonchev–Trinajstić information content (AvgIpc) is 3.45. The Hall–Kier alpha value is -4.74. The van der Waals surface area contributed by atoms with Gasteiger partial charge in [-0.2, -0.15) is 0 Å². The monoisotopic (exact) mass is 641 g/mol. The van der Waals surface area contributed by atoms with Crippen LogP contribution in [-0.2, 0) is 9.59 Å². The highest BCUT2D eigenvalue weighted by molar-refractivity contribution is 6.35. The van der Waals surface area contributed by atoms with Crippen LogP contribution in [0.3, 0.4) is 0 Å². The topological polar surface area (TPSA) is 121 Å². The number of carbonyl (C=O) groups is 2. The summed E-state index contributed by atoms with van der Waals surface area (Å²) in [6.07, 6.45) is 3.65. The Kier molecular flexibility index (Phi) is 7.32. The summed E-state index contributed by atoms with van der Waals surface area (Å²) < 4.78 is 18.9. The number of likely N-dealkylation sites (tertiary alicyclic amines) is 1. The van der Waals surface area contributed by atoms with Crippen LogP contribution >= 0.6 is 11.6 Å². The maximum atomic E-state index is 17.0. The number of nitrogens with two attached hydrogens (primary N) is 1. The zero-order valence-corrected chi connectivity index (χ0v) is 26.2. The Morgan fingerprint density at radius 3 is 2.63 bits per heavy atom. The Labute approximate surface area is 269 Å². The largest absolute Gasteiger partial charge is 0.508 e. The number of likely N-dealkylation sites (N-methyl/N-ethyl adjacent to an activating group) is 1. The SMILES string of the molecule is C=CC(=O)N1CCC(n2cnc3c(N4CC(N(C)C)C4)nc4c(F)c(-c5cc(O)cc6ccccc56)c(Cl)cc4c32)CC1C(N)=O. The van der Waals surface area contributed by atoms with Crippen molar-refractivity contribution in [2.75, 3.05) is 38.6 Å². The minimum Gasteiger partial charge on any atom is -0.508 e. The zero-order chi connectivity index (χ0) is 32.4. The number of pyridine rings is 1. The number of halogens is 2. The van der Waals surface area contributed by atoms with Gasteiger partial charge in [-0.3, -0.25) is 9.59 Å². The van der Waals surface area contributed by atoms with E-state index in [1.807, 2.05) is 42.9 Å². The van der Waals surface area contributed by atoms with E-state index in [2.05, 4.69) is 16.4 Å². The third-order valence-electron chi connectivity index (χ3n) is 9.43. The van der Waals surface area contributed by atoms with Gasteiger partial charge < -0.3 is 30.1 Å². The molecule has 0 aliphatic carbocycles. The number of imidazole rings is 1. The number of primary amides is 1. The Bertz CT molecular complexity index is 2070. The smallest absolute Gasteiger partial charge is 0.246 e. The number of nitrogens with zero attached hydrogens (tertiary/aromatic N) is 6. The maximum absolute atomic E-state index is 17.0. The van der Waals surface area contributed by atoms with E-state index in [0.717, 1.165) is 10.8 Å². The zero-order valence-electron chi connectivity index (χ0n) is 25.5. The number of phenols is 1. The van der Waals surface area contributed by atoms with Gasteiger partial charge in [-0.1, -0.05) is 42.4 Å². The minimum atomic E-state index is -0.837. The van der Waals surface area contributed by atoms with Gasteiger partial charge in [-0.15, -0.1) is 0 Å². The number of rotatable bonds is 6. The molecular weight excluding hydrogens is 609 g/mol. The molecule has 2 saturated heterocycles. The van der Waals surface area contributed by atoms with E-state index >= 15 is 4.39 Å². The van der Waals surface area contributed by atoms with E-state index in [1.54, 1.807) is 18.5 Å². The number of hydrogen-bond donors (Lipinski definition) is 2. The number of aromatic nitrogens is 3. The van der Waals surface area contributed by atoms with Crippen LogP contribution in [0, 0.1) is 5.82 Å². The lowest BCUT2D eigenvalue weighted by atomic mass is 9.94. The number of piperidine rings is 1. The fourth-order valence-electron chi connectivity index (χ4n) is 6.90. The molecule has 46 heavy (non-hydrogen) atoms. The molecule has 3 aromatic carbocycles. The van der Waals surface area contributed by atoms with Crippen LogP contribution < -0.4 is 10.6 Å². The highest BCUT2D eigenvalue weighted by atomic mass is 35.5. The highest BCUT2D eigenvalue weighted by Gasteiger charge is 2.37. The first-order valence-electron chi connectivity index (χ1n) is 15.1. The maximum Gasteiger partial charge on any atom is 0.246 e. The number of fused-ring (bicyclic) bond motifs is 4. The summed E-state index contributed by atoms with van der Waals surface area (Å²) >= 11 is 6.92. The molecule has 0 radical (unpaired) electrons. The number of aromatic hydroxyl groups is 1. The van der Waals surface area contributed by atoms with Crippen LogP contribution in [0.4, 0.5) is 10.2 Å². The van der Waals surface area contributed by atoms with Crippen molar-refractivity contribution in [2.45, 2.75) is 31.0 Å². The third-order valence-corrected chi connectivity index (χ3v) is 9.73. The molecule has 5 aromatic rings. The molecular formula is C34H33ClFN7O3. The number of carbonyl (C=O) groups excluding carboxylic acids is 2. The van der Waals surface area contributed by atoms with Crippen molar-refractivity contribution in [3.63, 3.8) is 0 Å². The van der Waals surface area contributed by atoms with Crippen LogP contribution in [0.5, 0.6) is 5.75 Å². The molecule has 0 bridgehead atoms. The Balaban J connectivity index is 1.45. The predicted octanol–water partition coefficient (Wildman–Crippen LogP) is 4.86. The number of phenolic OH excluding ortho intramolecular Hbond substituents is 1. The normalized spacial score (nSPS) is 18.9. The van der Waals surface area contributed by atoms with Gasteiger partial charge in [0.15, 0.2) is 11.6 Å². The first-order valence-corrected chi connectivity index (χ1v) is 15.5. The van der Waals surface area contributed by atoms with Crippen molar-refractivity contribution < 1.29 is 19.1 Å². The number of hydrogen-bond acceptors (Lipinski definition) is 7. The van der Waals surface area contributed by atoms with Crippen LogP contribution in [0.25, 0.3) is 43.8 Å². The van der Waals surface area contributed by atoms with Gasteiger partial charge in [0.25, 0.3) is 0 Å². The van der Waals surface area contributed by atoms with E-state index in [1.165, 1.54) is 17.0 Å². The van der Waals surface area contributed by atoms with Gasteiger partial charge in [0.1, 0.15) is 22.8 Å². The second-order valence-corrected chi connectivity index (χ2v) is 12.7.